The number of hydrogen-bond donors (Lipinski definition) is 1. The van der Waals surface area contributed by atoms with Crippen LogP contribution in [0, 0.1) is 6.92 Å². The second kappa shape index (κ2) is 8.95. The Morgan fingerprint density at radius 2 is 2.07 bits per heavy atom. The second-order valence-corrected chi connectivity index (χ2v) is 7.43. The fourth-order valence-electron chi connectivity index (χ4n) is 3.63. The Balaban J connectivity index is 1.49. The second-order valence-electron chi connectivity index (χ2n) is 7.43. The molecule has 4 rings (SSSR count). The number of carbonyl (C=O) groups excluding carboxylic acids is 1. The first-order valence-corrected chi connectivity index (χ1v) is 9.98. The number of carbonyl (C=O) groups is 1. The topological polar surface area (TPSA) is 109 Å². The number of H-pyrrole nitrogens is 1. The molecule has 9 nitrogen and oxygen atoms in total. The number of nitrogens with one attached hydrogen (secondary N) is 1. The highest BCUT2D eigenvalue weighted by Crippen LogP contribution is 2.32. The summed E-state index contributed by atoms with van der Waals surface area (Å²) >= 11 is 0. The first-order valence-electron chi connectivity index (χ1n) is 9.98. The molecule has 4 atom stereocenters. The third-order valence-corrected chi connectivity index (χ3v) is 5.24. The van der Waals surface area contributed by atoms with Crippen LogP contribution in [0.2, 0.25) is 0 Å². The van der Waals surface area contributed by atoms with Crippen LogP contribution in [0.5, 0.6) is 0 Å². The van der Waals surface area contributed by atoms with Gasteiger partial charge in [0.1, 0.15) is 18.9 Å². The number of aromatic amines is 1. The van der Waals surface area contributed by atoms with Gasteiger partial charge in [-0.15, -0.1) is 0 Å². The first-order chi connectivity index (χ1) is 14.5. The maximum atomic E-state index is 12.3. The molecule has 3 heterocycles. The van der Waals surface area contributed by atoms with Crippen molar-refractivity contribution in [1.29, 1.82) is 0 Å². The zero-order chi connectivity index (χ0) is 21.1. The molecular formula is C21H24N2O7. The largest absolute Gasteiger partial charge is 0.459 e. The van der Waals surface area contributed by atoms with Crippen LogP contribution in [0.15, 0.2) is 46.1 Å². The Labute approximate surface area is 172 Å². The molecule has 2 aliphatic heterocycles. The van der Waals surface area contributed by atoms with Gasteiger partial charge >= 0.3 is 11.7 Å². The van der Waals surface area contributed by atoms with Crippen LogP contribution >= 0.6 is 0 Å². The number of nitrogens with zero attached hydrogens (tertiary/aromatic N) is 1. The summed E-state index contributed by atoms with van der Waals surface area (Å²) < 4.78 is 24.4. The molecule has 1 N–H and O–H groups in total. The van der Waals surface area contributed by atoms with Crippen LogP contribution in [-0.2, 0) is 18.9 Å². The zero-order valence-electron chi connectivity index (χ0n) is 16.6. The summed E-state index contributed by atoms with van der Waals surface area (Å²) in [6.07, 6.45) is 1.50. The number of hydrogen-bond acceptors (Lipinski definition) is 7. The van der Waals surface area contributed by atoms with E-state index < -0.39 is 35.7 Å². The van der Waals surface area contributed by atoms with E-state index in [9.17, 15) is 14.4 Å². The molecule has 2 saturated heterocycles. The number of benzene rings is 1. The van der Waals surface area contributed by atoms with Crippen molar-refractivity contribution in [2.24, 2.45) is 0 Å². The smallest absolute Gasteiger partial charge is 0.338 e. The van der Waals surface area contributed by atoms with Crippen LogP contribution in [0.25, 0.3) is 0 Å². The first kappa shape index (κ1) is 20.5. The van der Waals surface area contributed by atoms with Crippen LogP contribution < -0.4 is 11.2 Å². The predicted molar refractivity (Wildman–Crippen MR) is 105 cm³/mol. The molecule has 9 heteroatoms. The molecule has 1 aromatic carbocycles. The van der Waals surface area contributed by atoms with E-state index in [1.165, 1.54) is 10.8 Å². The average molecular weight is 416 g/mol. The van der Waals surface area contributed by atoms with E-state index in [4.69, 9.17) is 18.9 Å². The lowest BCUT2D eigenvalue weighted by Gasteiger charge is -2.21. The fraction of sp³-hybridized carbons (Fsp3) is 0.476. The third-order valence-electron chi connectivity index (χ3n) is 5.24. The van der Waals surface area contributed by atoms with Gasteiger partial charge in [0.25, 0.3) is 5.56 Å². The Morgan fingerprint density at radius 1 is 1.27 bits per heavy atom. The molecule has 1 unspecified atom stereocenters. The van der Waals surface area contributed by atoms with Gasteiger partial charge in [0, 0.05) is 31.2 Å². The normalized spacial score (nSPS) is 26.0. The minimum atomic E-state index is -0.653. The third kappa shape index (κ3) is 4.53. The van der Waals surface area contributed by atoms with E-state index in [0.717, 1.165) is 12.8 Å². The van der Waals surface area contributed by atoms with E-state index in [1.807, 2.05) is 6.07 Å². The van der Waals surface area contributed by atoms with Gasteiger partial charge in [-0.1, -0.05) is 18.2 Å². The lowest BCUT2D eigenvalue weighted by atomic mass is 10.1. The highest BCUT2D eigenvalue weighted by atomic mass is 16.7. The van der Waals surface area contributed by atoms with E-state index in [1.54, 1.807) is 31.2 Å². The summed E-state index contributed by atoms with van der Waals surface area (Å²) in [5, 5.41) is 0. The summed E-state index contributed by atoms with van der Waals surface area (Å²) in [7, 11) is 0. The molecule has 2 aliphatic rings. The van der Waals surface area contributed by atoms with E-state index in [-0.39, 0.29) is 12.9 Å². The molecule has 2 aromatic rings. The van der Waals surface area contributed by atoms with Gasteiger partial charge in [0.2, 0.25) is 0 Å². The van der Waals surface area contributed by atoms with E-state index in [2.05, 4.69) is 4.98 Å². The van der Waals surface area contributed by atoms with E-state index in [0.29, 0.717) is 24.2 Å². The number of esters is 1. The molecule has 30 heavy (non-hydrogen) atoms. The highest BCUT2D eigenvalue weighted by Gasteiger charge is 2.40. The zero-order valence-corrected chi connectivity index (χ0v) is 16.6. The van der Waals surface area contributed by atoms with Crippen molar-refractivity contribution in [1.82, 2.24) is 9.55 Å². The van der Waals surface area contributed by atoms with Gasteiger partial charge in [-0.2, -0.15) is 0 Å². The van der Waals surface area contributed by atoms with Gasteiger partial charge in [-0.3, -0.25) is 14.3 Å². The molecule has 0 radical (unpaired) electrons. The van der Waals surface area contributed by atoms with Crippen LogP contribution in [0.4, 0.5) is 0 Å². The van der Waals surface area contributed by atoms with Crippen molar-refractivity contribution in [2.45, 2.75) is 50.9 Å². The van der Waals surface area contributed by atoms with Crippen molar-refractivity contribution in [3.63, 3.8) is 0 Å². The molecule has 160 valence electrons. The summed E-state index contributed by atoms with van der Waals surface area (Å²) in [6, 6.07) is 8.67. The summed E-state index contributed by atoms with van der Waals surface area (Å²) in [4.78, 5) is 38.5. The predicted octanol–water partition coefficient (Wildman–Crippen LogP) is 1.51. The quantitative estimate of drug-likeness (QED) is 0.711. The molecule has 0 amide bonds. The van der Waals surface area contributed by atoms with Crippen molar-refractivity contribution < 1.29 is 23.7 Å². The van der Waals surface area contributed by atoms with Crippen molar-refractivity contribution in [2.75, 3.05) is 13.2 Å². The Bertz CT molecular complexity index is 994. The minimum absolute atomic E-state index is 0.0291. The van der Waals surface area contributed by atoms with Gasteiger partial charge < -0.3 is 18.9 Å². The lowest BCUT2D eigenvalue weighted by molar-refractivity contribution is -0.162. The van der Waals surface area contributed by atoms with E-state index >= 15 is 0 Å². The molecule has 0 aliphatic carbocycles. The maximum Gasteiger partial charge on any atom is 0.338 e. The average Bonchev–Trinajstić information content (AvgIpc) is 3.40. The van der Waals surface area contributed by atoms with Gasteiger partial charge in [-0.25, -0.2) is 9.59 Å². The van der Waals surface area contributed by atoms with Crippen molar-refractivity contribution >= 4 is 5.97 Å². The van der Waals surface area contributed by atoms with Crippen LogP contribution in [-0.4, -0.2) is 47.2 Å². The number of aromatic nitrogens is 2. The Morgan fingerprint density at radius 3 is 2.80 bits per heavy atom. The Hall–Kier alpha value is -2.75. The van der Waals surface area contributed by atoms with Crippen LogP contribution in [0.3, 0.4) is 0 Å². The fourth-order valence-corrected chi connectivity index (χ4v) is 3.63. The molecule has 0 bridgehead atoms. The summed E-state index contributed by atoms with van der Waals surface area (Å²) in [6.45, 7) is 2.22. The lowest BCUT2D eigenvalue weighted by Crippen LogP contribution is -2.34. The summed E-state index contributed by atoms with van der Waals surface area (Å²) in [5.41, 5.74) is -0.159. The number of rotatable bonds is 6. The molecule has 0 spiro atoms. The summed E-state index contributed by atoms with van der Waals surface area (Å²) in [5.74, 6) is -0.462. The van der Waals surface area contributed by atoms with Gasteiger partial charge in [-0.05, 0) is 25.5 Å². The van der Waals surface area contributed by atoms with Crippen molar-refractivity contribution in [3.8, 4) is 0 Å². The minimum Gasteiger partial charge on any atom is -0.459 e. The van der Waals surface area contributed by atoms with Gasteiger partial charge in [0.05, 0.1) is 11.7 Å². The maximum absolute atomic E-state index is 12.3. The number of aryl methyl sites for hydroxylation is 1. The standard InChI is InChI=1S/C21H24N2O7/c1-13-11-23(21(26)22-19(13)24)17-10-15(30-18-8-5-9-27-18)16(29-17)12-28-20(25)14-6-3-2-4-7-14/h2-4,6-7,11,15-18H,5,8-10,12H2,1H3,(H,22,24,26)/t15-,16+,17+,18?/m0/s1. The Kier molecular flexibility index (Phi) is 6.12. The molecule has 2 fully saturated rings. The van der Waals surface area contributed by atoms with Gasteiger partial charge in [0.15, 0.2) is 6.29 Å². The highest BCUT2D eigenvalue weighted by molar-refractivity contribution is 5.89. The molecule has 1 aromatic heterocycles. The molecule has 0 saturated carbocycles. The monoisotopic (exact) mass is 416 g/mol. The SMILES string of the molecule is Cc1cn([C@H]2C[C@H](OC3CCCO3)[C@@H](COC(=O)c3ccccc3)O2)c(=O)[nH]c1=O. The van der Waals surface area contributed by atoms with Crippen LogP contribution in [0.1, 0.15) is 41.4 Å². The molecular weight excluding hydrogens is 392 g/mol. The van der Waals surface area contributed by atoms with Crippen molar-refractivity contribution in [3.05, 3.63) is 68.5 Å². The number of ether oxygens (including phenoxy) is 4.